The molecule has 3 aromatic heterocycles. The van der Waals surface area contributed by atoms with E-state index in [-0.39, 0.29) is 18.2 Å². The number of benzene rings is 1. The van der Waals surface area contributed by atoms with Crippen molar-refractivity contribution in [2.45, 2.75) is 6.54 Å². The van der Waals surface area contributed by atoms with Crippen molar-refractivity contribution in [1.82, 2.24) is 19.7 Å². The fourth-order valence-corrected chi connectivity index (χ4v) is 2.57. The molecule has 130 valence electrons. The van der Waals surface area contributed by atoms with Crippen molar-refractivity contribution in [3.63, 3.8) is 0 Å². The number of nitrogens with one attached hydrogen (secondary N) is 1. The number of hydrogen-bond donors (Lipinski definition) is 1. The highest BCUT2D eigenvalue weighted by molar-refractivity contribution is 5.61. The lowest BCUT2D eigenvalue weighted by atomic mass is 10.2. The first-order valence-electron chi connectivity index (χ1n) is 7.72. The van der Waals surface area contributed by atoms with Crippen molar-refractivity contribution in [3.05, 3.63) is 82.5 Å². The molecule has 0 unspecified atom stereocenters. The maximum absolute atomic E-state index is 14.0. The van der Waals surface area contributed by atoms with Crippen molar-refractivity contribution in [2.24, 2.45) is 0 Å². The standard InChI is InChI=1S/C18H12F2N4O2/c19-12-5-2-1-4-11(12)10-24-15(16-6-3-7-26-16)8-14(23-24)17-21-9-13(20)18(25)22-17/h1-9H,10H2,(H,21,22,25). The summed E-state index contributed by atoms with van der Waals surface area (Å²) in [6.45, 7) is 0.147. The van der Waals surface area contributed by atoms with Crippen LogP contribution in [-0.4, -0.2) is 19.7 Å². The summed E-state index contributed by atoms with van der Waals surface area (Å²) in [6.07, 6.45) is 2.34. The lowest BCUT2D eigenvalue weighted by Crippen LogP contribution is -2.12. The van der Waals surface area contributed by atoms with E-state index in [2.05, 4.69) is 15.1 Å². The van der Waals surface area contributed by atoms with Gasteiger partial charge in [0.05, 0.1) is 19.0 Å². The summed E-state index contributed by atoms with van der Waals surface area (Å²) in [5.41, 5.74) is 0.429. The molecule has 0 saturated heterocycles. The fraction of sp³-hybridized carbons (Fsp3) is 0.0556. The molecule has 4 rings (SSSR count). The van der Waals surface area contributed by atoms with Gasteiger partial charge in [0.2, 0.25) is 5.82 Å². The van der Waals surface area contributed by atoms with Crippen LogP contribution in [0.1, 0.15) is 5.56 Å². The summed E-state index contributed by atoms with van der Waals surface area (Å²) < 4.78 is 34.1. The minimum Gasteiger partial charge on any atom is -0.463 e. The quantitative estimate of drug-likeness (QED) is 0.610. The van der Waals surface area contributed by atoms with Gasteiger partial charge in [-0.3, -0.25) is 9.48 Å². The summed E-state index contributed by atoms with van der Waals surface area (Å²) in [5, 5.41) is 4.38. The van der Waals surface area contributed by atoms with Gasteiger partial charge >= 0.3 is 0 Å². The fourth-order valence-electron chi connectivity index (χ4n) is 2.57. The second-order valence-electron chi connectivity index (χ2n) is 5.55. The minimum atomic E-state index is -0.981. The number of hydrogen-bond acceptors (Lipinski definition) is 4. The van der Waals surface area contributed by atoms with Gasteiger partial charge in [-0.25, -0.2) is 9.37 Å². The van der Waals surface area contributed by atoms with E-state index in [1.54, 1.807) is 36.4 Å². The third kappa shape index (κ3) is 2.92. The number of halogens is 2. The van der Waals surface area contributed by atoms with Gasteiger partial charge in [-0.2, -0.15) is 9.49 Å². The first-order valence-corrected chi connectivity index (χ1v) is 7.72. The van der Waals surface area contributed by atoms with Crippen LogP contribution in [0.5, 0.6) is 0 Å². The lowest BCUT2D eigenvalue weighted by molar-refractivity contribution is 0.560. The van der Waals surface area contributed by atoms with Crippen molar-refractivity contribution in [3.8, 4) is 23.0 Å². The molecule has 26 heavy (non-hydrogen) atoms. The topological polar surface area (TPSA) is 76.7 Å². The molecule has 0 aliphatic rings. The Morgan fingerprint density at radius 3 is 2.69 bits per heavy atom. The van der Waals surface area contributed by atoms with Crippen LogP contribution < -0.4 is 5.56 Å². The van der Waals surface area contributed by atoms with Crippen LogP contribution >= 0.6 is 0 Å². The maximum atomic E-state index is 14.0. The highest BCUT2D eigenvalue weighted by Gasteiger charge is 2.16. The molecule has 4 aromatic rings. The van der Waals surface area contributed by atoms with E-state index < -0.39 is 11.4 Å². The molecule has 0 bridgehead atoms. The molecule has 0 amide bonds. The molecule has 6 nitrogen and oxygen atoms in total. The van der Waals surface area contributed by atoms with Crippen LogP contribution in [0.25, 0.3) is 23.0 Å². The van der Waals surface area contributed by atoms with Crippen molar-refractivity contribution >= 4 is 0 Å². The third-order valence-electron chi connectivity index (χ3n) is 3.83. The molecule has 0 atom stereocenters. The average molecular weight is 354 g/mol. The van der Waals surface area contributed by atoms with E-state index >= 15 is 0 Å². The van der Waals surface area contributed by atoms with Gasteiger partial charge in [0.1, 0.15) is 17.2 Å². The van der Waals surface area contributed by atoms with Gasteiger partial charge in [-0.1, -0.05) is 18.2 Å². The van der Waals surface area contributed by atoms with Gasteiger partial charge < -0.3 is 9.40 Å². The molecule has 1 aromatic carbocycles. The molecule has 0 radical (unpaired) electrons. The Hall–Kier alpha value is -3.55. The SMILES string of the molecule is O=c1[nH]c(-c2cc(-c3ccco3)n(Cc3ccccc3F)n2)ncc1F. The highest BCUT2D eigenvalue weighted by atomic mass is 19.1. The highest BCUT2D eigenvalue weighted by Crippen LogP contribution is 2.25. The van der Waals surface area contributed by atoms with Crippen molar-refractivity contribution < 1.29 is 13.2 Å². The third-order valence-corrected chi connectivity index (χ3v) is 3.83. The van der Waals surface area contributed by atoms with Crippen LogP contribution in [0, 0.1) is 11.6 Å². The summed E-state index contributed by atoms with van der Waals surface area (Å²) in [5.74, 6) is -0.713. The second-order valence-corrected chi connectivity index (χ2v) is 5.55. The predicted molar refractivity (Wildman–Crippen MR) is 89.2 cm³/mol. The Balaban J connectivity index is 1.82. The zero-order valence-electron chi connectivity index (χ0n) is 13.3. The summed E-state index contributed by atoms with van der Waals surface area (Å²) in [4.78, 5) is 17.7. The van der Waals surface area contributed by atoms with Crippen LogP contribution in [-0.2, 0) is 6.54 Å². The molecular weight excluding hydrogens is 342 g/mol. The minimum absolute atomic E-state index is 0.108. The number of furan rings is 1. The number of aromatic nitrogens is 4. The molecule has 0 aliphatic heterocycles. The molecule has 3 heterocycles. The van der Waals surface area contributed by atoms with E-state index in [0.717, 1.165) is 6.20 Å². The Morgan fingerprint density at radius 1 is 1.12 bits per heavy atom. The van der Waals surface area contributed by atoms with Gasteiger partial charge in [0, 0.05) is 5.56 Å². The predicted octanol–water partition coefficient (Wildman–Crippen LogP) is 3.22. The monoisotopic (exact) mass is 354 g/mol. The molecule has 8 heteroatoms. The average Bonchev–Trinajstić information content (AvgIpc) is 3.29. The van der Waals surface area contributed by atoms with Gasteiger partial charge in [-0.05, 0) is 24.3 Å². The van der Waals surface area contributed by atoms with Crippen molar-refractivity contribution in [2.75, 3.05) is 0 Å². The summed E-state index contributed by atoms with van der Waals surface area (Å²) >= 11 is 0. The van der Waals surface area contributed by atoms with Gasteiger partial charge in [-0.15, -0.1) is 0 Å². The van der Waals surface area contributed by atoms with E-state index in [0.29, 0.717) is 22.7 Å². The largest absolute Gasteiger partial charge is 0.463 e. The molecular formula is C18H12F2N4O2. The van der Waals surface area contributed by atoms with Gasteiger partial charge in [0.25, 0.3) is 5.56 Å². The molecule has 0 fully saturated rings. The van der Waals surface area contributed by atoms with E-state index in [9.17, 15) is 13.6 Å². The molecule has 1 N–H and O–H groups in total. The Bertz CT molecular complexity index is 1120. The number of H-pyrrole nitrogens is 1. The van der Waals surface area contributed by atoms with Crippen LogP contribution in [0.15, 0.2) is 64.1 Å². The first kappa shape index (κ1) is 15.9. The molecule has 0 spiro atoms. The smallest absolute Gasteiger partial charge is 0.287 e. The van der Waals surface area contributed by atoms with Crippen LogP contribution in [0.4, 0.5) is 8.78 Å². The number of rotatable bonds is 4. The normalized spacial score (nSPS) is 11.0. The van der Waals surface area contributed by atoms with E-state index in [4.69, 9.17) is 4.42 Å². The van der Waals surface area contributed by atoms with Crippen LogP contribution in [0.3, 0.4) is 0 Å². The second kappa shape index (κ2) is 6.40. The van der Waals surface area contributed by atoms with Crippen molar-refractivity contribution in [1.29, 1.82) is 0 Å². The number of aromatic amines is 1. The maximum Gasteiger partial charge on any atom is 0.287 e. The molecule has 0 aliphatic carbocycles. The van der Waals surface area contributed by atoms with E-state index in [1.807, 2.05) is 0 Å². The zero-order chi connectivity index (χ0) is 18.1. The Morgan fingerprint density at radius 2 is 1.96 bits per heavy atom. The first-order chi connectivity index (χ1) is 12.6. The van der Waals surface area contributed by atoms with E-state index in [1.165, 1.54) is 17.0 Å². The summed E-state index contributed by atoms with van der Waals surface area (Å²) in [6, 6.07) is 11.4. The summed E-state index contributed by atoms with van der Waals surface area (Å²) in [7, 11) is 0. The Kier molecular flexibility index (Phi) is 3.92. The molecule has 0 saturated carbocycles. The van der Waals surface area contributed by atoms with Gasteiger partial charge in [0.15, 0.2) is 11.6 Å². The zero-order valence-corrected chi connectivity index (χ0v) is 13.3. The Labute approximate surface area is 145 Å². The number of nitrogens with zero attached hydrogens (tertiary/aromatic N) is 3. The van der Waals surface area contributed by atoms with Crippen LogP contribution in [0.2, 0.25) is 0 Å². The lowest BCUT2D eigenvalue weighted by Gasteiger charge is -2.06.